The summed E-state index contributed by atoms with van der Waals surface area (Å²) >= 11 is 0. The van der Waals surface area contributed by atoms with E-state index in [1.54, 1.807) is 18.2 Å². The van der Waals surface area contributed by atoms with Crippen molar-refractivity contribution in [2.45, 2.75) is 24.7 Å². The van der Waals surface area contributed by atoms with E-state index in [1.807, 2.05) is 0 Å². The molecule has 2 aromatic carbocycles. The molecule has 0 aromatic heterocycles. The summed E-state index contributed by atoms with van der Waals surface area (Å²) in [4.78, 5) is 24.3. The van der Waals surface area contributed by atoms with Gasteiger partial charge < -0.3 is 25.4 Å². The van der Waals surface area contributed by atoms with Crippen molar-refractivity contribution in [3.8, 4) is 5.75 Å². The number of fused-ring (bicyclic) bond motifs is 2. The second-order valence-corrected chi connectivity index (χ2v) is 7.96. The lowest BCUT2D eigenvalue weighted by Crippen LogP contribution is -2.55. The fourth-order valence-corrected chi connectivity index (χ4v) is 4.05. The summed E-state index contributed by atoms with van der Waals surface area (Å²) in [6, 6.07) is 8.09. The highest BCUT2D eigenvalue weighted by atomic mass is 19.4. The third-order valence-corrected chi connectivity index (χ3v) is 5.64. The second-order valence-electron chi connectivity index (χ2n) is 7.96. The minimum atomic E-state index is -4.50. The molecule has 7 nitrogen and oxygen atoms in total. The van der Waals surface area contributed by atoms with Crippen LogP contribution in [0.1, 0.15) is 23.1 Å². The lowest BCUT2D eigenvalue weighted by molar-refractivity contribution is -0.161. The molecule has 0 saturated carbocycles. The van der Waals surface area contributed by atoms with Crippen LogP contribution in [0.2, 0.25) is 0 Å². The van der Waals surface area contributed by atoms with Crippen molar-refractivity contribution < 1.29 is 32.2 Å². The van der Waals surface area contributed by atoms with Gasteiger partial charge in [0.15, 0.2) is 5.60 Å². The van der Waals surface area contributed by atoms with Gasteiger partial charge in [-0.05, 0) is 29.8 Å². The predicted molar refractivity (Wildman–Crippen MR) is 109 cm³/mol. The monoisotopic (exact) mass is 445 g/mol. The maximum atomic E-state index is 13.2. The minimum absolute atomic E-state index is 0.0810. The van der Waals surface area contributed by atoms with Gasteiger partial charge in [0, 0.05) is 41.5 Å². The van der Waals surface area contributed by atoms with Crippen molar-refractivity contribution in [3.63, 3.8) is 0 Å². The number of hydrogen-bond acceptors (Lipinski definition) is 4. The topological polar surface area (TPSA) is 88.7 Å². The van der Waals surface area contributed by atoms with Gasteiger partial charge in [-0.25, -0.2) is 4.79 Å². The summed E-state index contributed by atoms with van der Waals surface area (Å²) in [7, 11) is 0. The summed E-state index contributed by atoms with van der Waals surface area (Å²) in [5.74, 6) is -0.356. The molecule has 3 aliphatic rings. The van der Waals surface area contributed by atoms with E-state index in [0.29, 0.717) is 28.9 Å². The first-order valence-corrected chi connectivity index (χ1v) is 9.89. The number of carbonyl (C=O) groups is 2. The Bertz CT molecular complexity index is 1160. The zero-order valence-electron chi connectivity index (χ0n) is 16.6. The van der Waals surface area contributed by atoms with Crippen LogP contribution >= 0.6 is 0 Å². The van der Waals surface area contributed by atoms with Crippen molar-refractivity contribution >= 4 is 28.9 Å². The van der Waals surface area contributed by atoms with E-state index in [1.165, 1.54) is 12.1 Å². The van der Waals surface area contributed by atoms with Crippen LogP contribution in [-0.4, -0.2) is 30.8 Å². The molecule has 0 atom stereocenters. The van der Waals surface area contributed by atoms with Crippen molar-refractivity contribution in [3.05, 3.63) is 59.2 Å². The van der Waals surface area contributed by atoms with Crippen molar-refractivity contribution in [1.82, 2.24) is 5.32 Å². The SMILES string of the molecule is O=C(C=C1CC2(COC2)Oc2cc(C(F)(F)F)ccc21)Nc1cccc2c1CNC(=O)N2. The molecule has 0 bridgehead atoms. The predicted octanol–water partition coefficient (Wildman–Crippen LogP) is 3.91. The van der Waals surface area contributed by atoms with Crippen LogP contribution in [0, 0.1) is 0 Å². The van der Waals surface area contributed by atoms with Gasteiger partial charge in [-0.3, -0.25) is 4.79 Å². The molecule has 10 heteroatoms. The first-order chi connectivity index (χ1) is 15.2. The summed E-state index contributed by atoms with van der Waals surface area (Å²) < 4.78 is 50.6. The van der Waals surface area contributed by atoms with E-state index in [2.05, 4.69) is 16.0 Å². The Morgan fingerprint density at radius 3 is 2.72 bits per heavy atom. The summed E-state index contributed by atoms with van der Waals surface area (Å²) in [5, 5.41) is 8.13. The average molecular weight is 445 g/mol. The fraction of sp³-hybridized carbons (Fsp3) is 0.273. The molecule has 5 rings (SSSR count). The van der Waals surface area contributed by atoms with Crippen LogP contribution in [0.15, 0.2) is 42.5 Å². The third-order valence-electron chi connectivity index (χ3n) is 5.64. The van der Waals surface area contributed by atoms with Gasteiger partial charge in [0.25, 0.3) is 0 Å². The highest BCUT2D eigenvalue weighted by Crippen LogP contribution is 2.45. The summed E-state index contributed by atoms with van der Waals surface area (Å²) in [6.07, 6.45) is -2.79. The molecular formula is C22H18F3N3O4. The minimum Gasteiger partial charge on any atom is -0.481 e. The maximum Gasteiger partial charge on any atom is 0.416 e. The van der Waals surface area contributed by atoms with E-state index < -0.39 is 23.2 Å². The Morgan fingerprint density at radius 1 is 1.19 bits per heavy atom. The smallest absolute Gasteiger partial charge is 0.416 e. The fourth-order valence-electron chi connectivity index (χ4n) is 4.05. The number of hydrogen-bond donors (Lipinski definition) is 3. The lowest BCUT2D eigenvalue weighted by atomic mass is 9.85. The van der Waals surface area contributed by atoms with Crippen LogP contribution in [0.5, 0.6) is 5.75 Å². The molecule has 1 spiro atoms. The molecule has 3 aliphatic heterocycles. The van der Waals surface area contributed by atoms with Crippen LogP contribution in [0.3, 0.4) is 0 Å². The lowest BCUT2D eigenvalue weighted by Gasteiger charge is -2.45. The number of halogens is 3. The number of ether oxygens (including phenoxy) is 2. The van der Waals surface area contributed by atoms with E-state index in [9.17, 15) is 22.8 Å². The largest absolute Gasteiger partial charge is 0.481 e. The quantitative estimate of drug-likeness (QED) is 0.612. The number of carbonyl (C=O) groups excluding carboxylic acids is 2. The molecule has 0 unspecified atom stereocenters. The van der Waals surface area contributed by atoms with Crippen LogP contribution < -0.4 is 20.7 Å². The van der Waals surface area contributed by atoms with Gasteiger partial charge in [-0.15, -0.1) is 0 Å². The van der Waals surface area contributed by atoms with Crippen LogP contribution in [0.25, 0.3) is 5.57 Å². The molecule has 3 amide bonds. The normalized spacial score (nSPS) is 19.7. The molecule has 1 saturated heterocycles. The summed E-state index contributed by atoms with van der Waals surface area (Å²) in [6.45, 7) is 0.726. The Kier molecular flexibility index (Phi) is 4.63. The maximum absolute atomic E-state index is 13.2. The van der Waals surface area contributed by atoms with E-state index in [0.717, 1.165) is 17.7 Å². The number of amides is 3. The van der Waals surface area contributed by atoms with Gasteiger partial charge in [0.1, 0.15) is 5.75 Å². The molecule has 166 valence electrons. The van der Waals surface area contributed by atoms with Crippen molar-refractivity contribution in [2.75, 3.05) is 23.8 Å². The van der Waals surface area contributed by atoms with E-state index >= 15 is 0 Å². The van der Waals surface area contributed by atoms with Crippen molar-refractivity contribution in [2.24, 2.45) is 0 Å². The van der Waals surface area contributed by atoms with E-state index in [4.69, 9.17) is 9.47 Å². The molecule has 1 fully saturated rings. The molecular weight excluding hydrogens is 427 g/mol. The third kappa shape index (κ3) is 3.66. The van der Waals surface area contributed by atoms with Gasteiger partial charge in [-0.1, -0.05) is 12.1 Å². The van der Waals surface area contributed by atoms with Gasteiger partial charge >= 0.3 is 12.2 Å². The Balaban J connectivity index is 1.46. The molecule has 32 heavy (non-hydrogen) atoms. The molecule has 3 heterocycles. The van der Waals surface area contributed by atoms with Crippen molar-refractivity contribution in [1.29, 1.82) is 0 Å². The molecule has 3 N–H and O–H groups in total. The number of rotatable bonds is 2. The summed E-state index contributed by atoms with van der Waals surface area (Å²) in [5.41, 5.74) is 1.27. The Hall–Kier alpha value is -3.53. The second kappa shape index (κ2) is 7.27. The molecule has 0 aliphatic carbocycles. The number of urea groups is 1. The zero-order valence-corrected chi connectivity index (χ0v) is 16.6. The highest BCUT2D eigenvalue weighted by Gasteiger charge is 2.46. The van der Waals surface area contributed by atoms with Crippen LogP contribution in [0.4, 0.5) is 29.3 Å². The van der Waals surface area contributed by atoms with Gasteiger partial charge in [-0.2, -0.15) is 13.2 Å². The first-order valence-electron chi connectivity index (χ1n) is 9.89. The standard InChI is InChI=1S/C22H18F3N3O4/c23-22(24,25)13-4-5-14-12(8-21(10-31-11-21)32-18(14)7-13)6-19(29)27-16-2-1-3-17-15(16)9-26-20(30)28-17/h1-7H,8-11H2,(H,27,29)(H2,26,28,30). The van der Waals surface area contributed by atoms with Crippen LogP contribution in [-0.2, 0) is 22.3 Å². The number of alkyl halides is 3. The number of nitrogens with one attached hydrogen (secondary N) is 3. The zero-order chi connectivity index (χ0) is 22.5. The van der Waals surface area contributed by atoms with Gasteiger partial charge in [0.2, 0.25) is 5.91 Å². The number of benzene rings is 2. The average Bonchev–Trinajstić information content (AvgIpc) is 2.71. The molecule has 0 radical (unpaired) electrons. The highest BCUT2D eigenvalue weighted by molar-refractivity contribution is 6.06. The Morgan fingerprint density at radius 2 is 2.00 bits per heavy atom. The molecule has 2 aromatic rings. The Labute approximate surface area is 180 Å². The van der Waals surface area contributed by atoms with E-state index in [-0.39, 0.29) is 31.5 Å². The van der Waals surface area contributed by atoms with Gasteiger partial charge in [0.05, 0.1) is 18.8 Å². The number of anilines is 2. The first kappa shape index (κ1) is 20.4.